The lowest BCUT2D eigenvalue weighted by Gasteiger charge is -2.15. The van der Waals surface area contributed by atoms with Crippen LogP contribution in [0.5, 0.6) is 0 Å². The van der Waals surface area contributed by atoms with Gasteiger partial charge in [0.15, 0.2) is 0 Å². The van der Waals surface area contributed by atoms with Gasteiger partial charge in [-0.25, -0.2) is 15.0 Å². The molecule has 3 aromatic heterocycles. The highest BCUT2D eigenvalue weighted by Gasteiger charge is 2.27. The van der Waals surface area contributed by atoms with Gasteiger partial charge in [0, 0.05) is 30.7 Å². The van der Waals surface area contributed by atoms with Crippen LogP contribution in [0.15, 0.2) is 48.9 Å². The first-order valence-electron chi connectivity index (χ1n) is 11.8. The number of benzene rings is 1. The number of aromatic nitrogens is 4. The van der Waals surface area contributed by atoms with Gasteiger partial charge in [-0.15, -0.1) is 0 Å². The molecular formula is C26H32N6. The molecule has 1 aliphatic rings. The molecule has 1 saturated carbocycles. The van der Waals surface area contributed by atoms with Gasteiger partial charge in [0.25, 0.3) is 0 Å². The van der Waals surface area contributed by atoms with Gasteiger partial charge < -0.3 is 15.2 Å². The van der Waals surface area contributed by atoms with Gasteiger partial charge >= 0.3 is 0 Å². The summed E-state index contributed by atoms with van der Waals surface area (Å²) in [6.45, 7) is 4.28. The Labute approximate surface area is 189 Å². The molecule has 0 radical (unpaired) electrons. The Kier molecular flexibility index (Phi) is 5.68. The van der Waals surface area contributed by atoms with E-state index in [4.69, 9.17) is 4.98 Å². The average Bonchev–Trinajstić information content (AvgIpc) is 3.43. The predicted molar refractivity (Wildman–Crippen MR) is 132 cm³/mol. The van der Waals surface area contributed by atoms with E-state index in [0.717, 1.165) is 40.5 Å². The molecular weight excluding hydrogens is 396 g/mol. The van der Waals surface area contributed by atoms with E-state index < -0.39 is 0 Å². The third-order valence-corrected chi connectivity index (χ3v) is 6.69. The number of anilines is 2. The molecule has 0 bridgehead atoms. The number of aryl methyl sites for hydroxylation is 1. The van der Waals surface area contributed by atoms with Gasteiger partial charge in [-0.1, -0.05) is 12.1 Å². The summed E-state index contributed by atoms with van der Waals surface area (Å²) in [5.74, 6) is 2.60. The van der Waals surface area contributed by atoms with Gasteiger partial charge in [0.1, 0.15) is 23.6 Å². The van der Waals surface area contributed by atoms with Crippen molar-refractivity contribution in [3.8, 4) is 0 Å². The molecule has 0 unspecified atom stereocenters. The summed E-state index contributed by atoms with van der Waals surface area (Å²) in [6, 6.07) is 14.0. The van der Waals surface area contributed by atoms with Crippen LogP contribution in [0.3, 0.4) is 0 Å². The van der Waals surface area contributed by atoms with Crippen LogP contribution in [0.1, 0.15) is 51.1 Å². The van der Waals surface area contributed by atoms with Crippen molar-refractivity contribution in [2.24, 2.45) is 5.92 Å². The third-order valence-electron chi connectivity index (χ3n) is 6.69. The average molecular weight is 429 g/mol. The lowest BCUT2D eigenvalue weighted by atomic mass is 9.97. The van der Waals surface area contributed by atoms with Crippen LogP contribution in [-0.2, 0) is 6.42 Å². The maximum absolute atomic E-state index is 4.81. The largest absolute Gasteiger partial charge is 0.372 e. The topological polar surface area (TPSA) is 67.7 Å². The maximum atomic E-state index is 4.81. The van der Waals surface area contributed by atoms with Crippen LogP contribution in [0, 0.1) is 5.92 Å². The second-order valence-corrected chi connectivity index (χ2v) is 9.33. The zero-order valence-electron chi connectivity index (χ0n) is 19.2. The first-order chi connectivity index (χ1) is 15.6. The fraction of sp³-hybridized carbons (Fsp3) is 0.423. The molecule has 4 aromatic rings. The van der Waals surface area contributed by atoms with Crippen molar-refractivity contribution in [1.29, 1.82) is 0 Å². The van der Waals surface area contributed by atoms with Crippen molar-refractivity contribution in [1.82, 2.24) is 19.5 Å². The minimum atomic E-state index is 0.382. The third kappa shape index (κ3) is 4.14. The van der Waals surface area contributed by atoms with E-state index in [2.05, 4.69) is 81.6 Å². The summed E-state index contributed by atoms with van der Waals surface area (Å²) < 4.78 is 2.36. The minimum Gasteiger partial charge on any atom is -0.372 e. The van der Waals surface area contributed by atoms with Crippen LogP contribution >= 0.6 is 0 Å². The Bertz CT molecular complexity index is 1230. The number of hydrogen-bond donors (Lipinski definition) is 2. The Morgan fingerprint density at radius 1 is 1.09 bits per heavy atom. The zero-order chi connectivity index (χ0) is 22.1. The predicted octanol–water partition coefficient (Wildman–Crippen LogP) is 5.82. The van der Waals surface area contributed by atoms with E-state index in [-0.39, 0.29) is 0 Å². The monoisotopic (exact) mass is 428 g/mol. The summed E-state index contributed by atoms with van der Waals surface area (Å²) in [5, 5.41) is 8.88. The zero-order valence-corrected chi connectivity index (χ0v) is 19.2. The molecule has 32 heavy (non-hydrogen) atoms. The molecule has 3 heterocycles. The second kappa shape index (κ2) is 8.77. The Morgan fingerprint density at radius 2 is 1.97 bits per heavy atom. The van der Waals surface area contributed by atoms with Crippen molar-refractivity contribution in [2.45, 2.75) is 58.0 Å². The van der Waals surface area contributed by atoms with Crippen molar-refractivity contribution in [2.75, 3.05) is 17.7 Å². The molecule has 2 atom stereocenters. The number of rotatable bonds is 7. The van der Waals surface area contributed by atoms with Gasteiger partial charge in [0.05, 0.1) is 10.9 Å². The molecule has 5 rings (SSSR count). The summed E-state index contributed by atoms with van der Waals surface area (Å²) >= 11 is 0. The number of pyridine rings is 1. The number of hydrogen-bond acceptors (Lipinski definition) is 5. The van der Waals surface area contributed by atoms with E-state index in [9.17, 15) is 0 Å². The van der Waals surface area contributed by atoms with E-state index in [1.807, 2.05) is 7.05 Å². The fourth-order valence-corrected chi connectivity index (χ4v) is 5.09. The van der Waals surface area contributed by atoms with Crippen LogP contribution in [0.25, 0.3) is 21.9 Å². The van der Waals surface area contributed by atoms with E-state index in [0.29, 0.717) is 12.1 Å². The first kappa shape index (κ1) is 20.7. The molecule has 2 N–H and O–H groups in total. The SMILES string of the molecule is CNc1ncnc2c1ccn2[C@H]1CC[C@@H](CCc2ccc3ccc(NC(C)C)nc3c2)C1. The van der Waals surface area contributed by atoms with Crippen LogP contribution < -0.4 is 10.6 Å². The van der Waals surface area contributed by atoms with Crippen molar-refractivity contribution >= 4 is 33.6 Å². The maximum Gasteiger partial charge on any atom is 0.145 e. The second-order valence-electron chi connectivity index (χ2n) is 9.33. The van der Waals surface area contributed by atoms with Gasteiger partial charge in [0.2, 0.25) is 0 Å². The minimum absolute atomic E-state index is 0.382. The highest BCUT2D eigenvalue weighted by atomic mass is 15.1. The highest BCUT2D eigenvalue weighted by molar-refractivity contribution is 5.87. The quantitative estimate of drug-likeness (QED) is 0.388. The molecule has 6 nitrogen and oxygen atoms in total. The van der Waals surface area contributed by atoms with Crippen LogP contribution in [-0.4, -0.2) is 32.6 Å². The molecule has 0 amide bonds. The van der Waals surface area contributed by atoms with E-state index in [1.165, 1.54) is 36.6 Å². The lowest BCUT2D eigenvalue weighted by Crippen LogP contribution is -2.10. The van der Waals surface area contributed by atoms with Crippen molar-refractivity contribution < 1.29 is 0 Å². The van der Waals surface area contributed by atoms with E-state index >= 15 is 0 Å². The normalized spacial score (nSPS) is 18.6. The molecule has 166 valence electrons. The Balaban J connectivity index is 1.25. The van der Waals surface area contributed by atoms with Crippen LogP contribution in [0.4, 0.5) is 11.6 Å². The first-order valence-corrected chi connectivity index (χ1v) is 11.8. The van der Waals surface area contributed by atoms with Crippen LogP contribution in [0.2, 0.25) is 0 Å². The molecule has 0 saturated heterocycles. The van der Waals surface area contributed by atoms with E-state index in [1.54, 1.807) is 6.33 Å². The van der Waals surface area contributed by atoms with Gasteiger partial charge in [-0.05, 0) is 81.7 Å². The summed E-state index contributed by atoms with van der Waals surface area (Å²) in [5.41, 5.74) is 3.51. The molecule has 6 heteroatoms. The Hall–Kier alpha value is -3.15. The molecule has 0 aliphatic heterocycles. The van der Waals surface area contributed by atoms with Crippen molar-refractivity contribution in [3.05, 3.63) is 54.5 Å². The summed E-state index contributed by atoms with van der Waals surface area (Å²) in [7, 11) is 1.91. The van der Waals surface area contributed by atoms with Crippen molar-refractivity contribution in [3.63, 3.8) is 0 Å². The summed E-state index contributed by atoms with van der Waals surface area (Å²) in [6.07, 6.45) is 9.89. The lowest BCUT2D eigenvalue weighted by molar-refractivity contribution is 0.461. The van der Waals surface area contributed by atoms with Gasteiger partial charge in [-0.3, -0.25) is 0 Å². The van der Waals surface area contributed by atoms with Gasteiger partial charge in [-0.2, -0.15) is 0 Å². The molecule has 1 fully saturated rings. The molecule has 1 aromatic carbocycles. The number of nitrogens with one attached hydrogen (secondary N) is 2. The standard InChI is InChI=1S/C26H32N6/c1-17(2)30-24-11-9-20-8-6-19(15-23(20)31-24)5-4-18-7-10-21(14-18)32-13-12-22-25(27-3)28-16-29-26(22)32/h6,8-9,11-13,15-18,21H,4-5,7,10,14H2,1-3H3,(H,30,31)(H,27,28,29)/t18-,21+/m1/s1. The Morgan fingerprint density at radius 3 is 2.81 bits per heavy atom. The molecule has 0 spiro atoms. The number of nitrogens with zero attached hydrogens (tertiary/aromatic N) is 4. The summed E-state index contributed by atoms with van der Waals surface area (Å²) in [4.78, 5) is 13.7. The smallest absolute Gasteiger partial charge is 0.145 e. The number of fused-ring (bicyclic) bond motifs is 2. The molecule has 1 aliphatic carbocycles. The highest BCUT2D eigenvalue weighted by Crippen LogP contribution is 2.39. The fourth-order valence-electron chi connectivity index (χ4n) is 5.09.